The van der Waals surface area contributed by atoms with Crippen molar-refractivity contribution in [2.45, 2.75) is 55.4 Å². The summed E-state index contributed by atoms with van der Waals surface area (Å²) in [5.41, 5.74) is 2.06. The van der Waals surface area contributed by atoms with Crippen LogP contribution < -0.4 is 3.20 Å². The van der Waals surface area contributed by atoms with Crippen LogP contribution in [0.2, 0.25) is 0 Å². The average molecular weight is 542 g/mol. The van der Waals surface area contributed by atoms with Crippen molar-refractivity contribution >= 4 is 14.5 Å². The van der Waals surface area contributed by atoms with Crippen LogP contribution in [0.3, 0.4) is 0 Å². The Morgan fingerprint density at radius 1 is 1.00 bits per heavy atom. The number of rotatable bonds is 6. The maximum absolute atomic E-state index is 4.69. The third-order valence-corrected chi connectivity index (χ3v) is 3.93. The van der Waals surface area contributed by atoms with Crippen molar-refractivity contribution in [3.05, 3.63) is 73.8 Å². The van der Waals surface area contributed by atoms with Gasteiger partial charge in [-0.05, 0) is 0 Å². The molecule has 2 nitrogen and oxygen atoms in total. The summed E-state index contributed by atoms with van der Waals surface area (Å²) in [6, 6.07) is 0. The number of imidazole rings is 1. The molecule has 0 aliphatic rings. The van der Waals surface area contributed by atoms with Gasteiger partial charge in [0.05, 0.1) is 0 Å². The second kappa shape index (κ2) is 21.6. The number of aromatic nitrogens is 2. The number of hydrogen-bond donors (Lipinski definition) is 0. The van der Waals surface area contributed by atoms with Gasteiger partial charge in [0.25, 0.3) is 0 Å². The van der Waals surface area contributed by atoms with Crippen LogP contribution in [-0.2, 0) is 26.1 Å². The average Bonchev–Trinajstić information content (AvgIpc) is 3.08. The number of allylic oxidation sites excluding steroid dienone is 10. The van der Waals surface area contributed by atoms with Crippen LogP contribution in [0.15, 0.2) is 68.0 Å². The molecule has 0 N–H and O–H groups in total. The molecule has 0 aliphatic heterocycles. The molecule has 1 rings (SSSR count). The minimum atomic E-state index is 0.483. The van der Waals surface area contributed by atoms with E-state index in [2.05, 4.69) is 23.9 Å². The molecule has 0 spiro atoms. The molecule has 0 fully saturated rings. The Bertz CT molecular complexity index is 600. The molecule has 141 valence electrons. The first-order valence-electron chi connectivity index (χ1n) is 9.50. The van der Waals surface area contributed by atoms with E-state index < -0.39 is 0 Å². The van der Waals surface area contributed by atoms with Gasteiger partial charge in [0, 0.05) is 0 Å². The summed E-state index contributed by atoms with van der Waals surface area (Å²) in [5, 5.41) is 0. The molecule has 0 atom stereocenters. The van der Waals surface area contributed by atoms with Crippen LogP contribution in [0.4, 0.5) is 0 Å². The Balaban J connectivity index is -0.000000795. The maximum Gasteiger partial charge on any atom is -0.0683 e. The van der Waals surface area contributed by atoms with E-state index in [0.29, 0.717) is 26.1 Å². The van der Waals surface area contributed by atoms with Gasteiger partial charge in [-0.1, -0.05) is 41.5 Å². The van der Waals surface area contributed by atoms with Gasteiger partial charge in [-0.2, -0.15) is 0 Å². The second-order valence-corrected chi connectivity index (χ2v) is 6.92. The van der Waals surface area contributed by atoms with Crippen LogP contribution in [0.25, 0.3) is 11.3 Å². The predicted molar refractivity (Wildman–Crippen MR) is 118 cm³/mol. The Morgan fingerprint density at radius 3 is 2.00 bits per heavy atom. The molecule has 0 bridgehead atoms. The van der Waals surface area contributed by atoms with Gasteiger partial charge in [0.15, 0.2) is 0 Å². The topological polar surface area (TPSA) is 17.8 Å². The quantitative estimate of drug-likeness (QED) is 0.283. The van der Waals surface area contributed by atoms with Crippen LogP contribution >= 0.6 is 0 Å². The summed E-state index contributed by atoms with van der Waals surface area (Å²) in [4.78, 5) is 4.69. The van der Waals surface area contributed by atoms with Gasteiger partial charge in [0.1, 0.15) is 0 Å². The van der Waals surface area contributed by atoms with Crippen molar-refractivity contribution in [2.24, 2.45) is 0 Å². The van der Waals surface area contributed by atoms with E-state index in [0.717, 1.165) is 20.3 Å². The molecule has 26 heavy (non-hydrogen) atoms. The Hall–Kier alpha value is -1.41. The monoisotopic (exact) mass is 543 g/mol. The van der Waals surface area contributed by atoms with Crippen molar-refractivity contribution in [3.8, 4) is 0 Å². The summed E-state index contributed by atoms with van der Waals surface area (Å²) in [7, 11) is 0. The normalized spacial score (nSPS) is 11.0. The van der Waals surface area contributed by atoms with E-state index in [9.17, 15) is 0 Å². The summed E-state index contributed by atoms with van der Waals surface area (Å²) < 4.78 is 3.25. The first-order chi connectivity index (χ1) is 12.7. The molecule has 0 unspecified atom stereocenters. The molecule has 1 heterocycles. The van der Waals surface area contributed by atoms with Crippen LogP contribution in [0.5, 0.6) is 0 Å². The van der Waals surface area contributed by atoms with Crippen molar-refractivity contribution in [1.82, 2.24) is 9.55 Å². The largest absolute Gasteiger partial charge is 0.0683 e. The predicted octanol–water partition coefficient (Wildman–Crippen LogP) is 6.88. The summed E-state index contributed by atoms with van der Waals surface area (Å²) in [5.74, 6) is 0.934. The zero-order valence-corrected chi connectivity index (χ0v) is 23.7. The molecule has 1 aromatic rings. The molecule has 0 amide bonds. The number of hydrogen-bond acceptors (Lipinski definition) is 1. The Morgan fingerprint density at radius 2 is 1.58 bits per heavy atom. The van der Waals surface area contributed by atoms with Gasteiger partial charge < -0.3 is 0 Å². The molecular formula is C23H37HgN2. The van der Waals surface area contributed by atoms with Crippen molar-refractivity contribution in [2.75, 3.05) is 0 Å². The van der Waals surface area contributed by atoms with Gasteiger partial charge in [0.2, 0.25) is 0 Å². The fourth-order valence-corrected chi connectivity index (χ4v) is 3.07. The second-order valence-electron chi connectivity index (χ2n) is 4.10. The molecule has 0 radical (unpaired) electrons. The van der Waals surface area contributed by atoms with E-state index in [1.54, 1.807) is 6.08 Å². The van der Waals surface area contributed by atoms with Gasteiger partial charge in [-0.3, -0.25) is 0 Å². The zero-order valence-electron chi connectivity index (χ0n) is 18.2. The first kappa shape index (κ1) is 29.4. The van der Waals surface area contributed by atoms with Gasteiger partial charge in [-0.15, -0.1) is 0 Å². The SMILES string of the molecule is C=C/C=C(\C=C/C)c1n[c]([Hg])cn1/C(C=C)=C/C=C\C.CC.CC.CC. The third-order valence-electron chi connectivity index (χ3n) is 2.60. The molecule has 0 aromatic carbocycles. The van der Waals surface area contributed by atoms with Crippen molar-refractivity contribution in [3.63, 3.8) is 0 Å². The van der Waals surface area contributed by atoms with Gasteiger partial charge in [-0.25, -0.2) is 0 Å². The van der Waals surface area contributed by atoms with E-state index in [-0.39, 0.29) is 0 Å². The molecule has 3 heteroatoms. The summed E-state index contributed by atoms with van der Waals surface area (Å²) in [6.07, 6.45) is 17.8. The number of nitrogens with zero attached hydrogens (tertiary/aromatic N) is 2. The smallest absolute Gasteiger partial charge is 0.0683 e. The Labute approximate surface area is 178 Å². The summed E-state index contributed by atoms with van der Waals surface area (Å²) >= 11 is 0.483. The zero-order chi connectivity index (χ0) is 21.0. The first-order valence-corrected chi connectivity index (χ1v) is 12.3. The fraction of sp³-hybridized carbons (Fsp3) is 0.348. The van der Waals surface area contributed by atoms with Crippen LogP contribution in [0.1, 0.15) is 61.2 Å². The van der Waals surface area contributed by atoms with Crippen LogP contribution in [0, 0.1) is 0 Å². The standard InChI is InChI=1S/C17H19N2.3C2H6.Hg/c1-5-9-12-16(8-4)19-14-13-18-17(19)15(10-6-2)11-7-3;3*1-2;/h5-12,14H,2,4H2,1,3H3;3*1-2H3;/b9-5-,11-7-,15-10+,16-12+;;;;. The molecule has 0 saturated heterocycles. The van der Waals surface area contributed by atoms with E-state index in [1.807, 2.05) is 97.9 Å². The minimum Gasteiger partial charge on any atom is -0.0683 e. The summed E-state index contributed by atoms with van der Waals surface area (Å²) in [6.45, 7) is 23.7. The Kier molecular flexibility index (Phi) is 24.4. The van der Waals surface area contributed by atoms with Crippen LogP contribution in [-0.4, -0.2) is 9.55 Å². The molecule has 0 saturated carbocycles. The van der Waals surface area contributed by atoms with Crippen molar-refractivity contribution < 1.29 is 26.1 Å². The molecule has 0 aliphatic carbocycles. The fourth-order valence-electron chi connectivity index (χ4n) is 1.78. The van der Waals surface area contributed by atoms with E-state index in [4.69, 9.17) is 4.98 Å². The molecule has 1 aromatic heterocycles. The third kappa shape index (κ3) is 11.2. The van der Waals surface area contributed by atoms with E-state index >= 15 is 0 Å². The minimum absolute atomic E-state index is 0.483. The van der Waals surface area contributed by atoms with E-state index in [1.165, 1.54) is 0 Å². The van der Waals surface area contributed by atoms with Crippen molar-refractivity contribution in [1.29, 1.82) is 0 Å². The maximum atomic E-state index is 4.69. The molecular weight excluding hydrogens is 505 g/mol. The van der Waals surface area contributed by atoms with Gasteiger partial charge >= 0.3 is 138 Å².